The van der Waals surface area contributed by atoms with Crippen LogP contribution in [-0.4, -0.2) is 29.0 Å². The van der Waals surface area contributed by atoms with Crippen LogP contribution in [0, 0.1) is 0 Å². The Balaban J connectivity index is 2.53. The number of anilines is 1. The summed E-state index contributed by atoms with van der Waals surface area (Å²) in [7, 11) is 0. The van der Waals surface area contributed by atoms with Crippen molar-refractivity contribution in [3.05, 3.63) is 24.3 Å². The molecule has 0 aliphatic heterocycles. The summed E-state index contributed by atoms with van der Waals surface area (Å²) in [6, 6.07) is 5.18. The predicted octanol–water partition coefficient (Wildman–Crippen LogP) is 0.742. The van der Waals surface area contributed by atoms with E-state index in [1.807, 2.05) is 0 Å². The van der Waals surface area contributed by atoms with Gasteiger partial charge in [0.2, 0.25) is 5.91 Å². The molecule has 7 nitrogen and oxygen atoms in total. The van der Waals surface area contributed by atoms with Gasteiger partial charge in [0, 0.05) is 19.0 Å². The Morgan fingerprint density at radius 2 is 1.90 bits per heavy atom. The van der Waals surface area contributed by atoms with Gasteiger partial charge in [0.1, 0.15) is 11.8 Å². The third-order valence-corrected chi connectivity index (χ3v) is 2.37. The number of hydrogen-bond acceptors (Lipinski definition) is 5. The third-order valence-electron chi connectivity index (χ3n) is 2.37. The predicted molar refractivity (Wildman–Crippen MR) is 71.2 cm³/mol. The highest BCUT2D eigenvalue weighted by molar-refractivity contribution is 5.88. The van der Waals surface area contributed by atoms with Crippen LogP contribution >= 0.6 is 0 Å². The lowest BCUT2D eigenvalue weighted by Gasteiger charge is -2.10. The van der Waals surface area contributed by atoms with Gasteiger partial charge in [0.15, 0.2) is 0 Å². The number of carbonyl (C=O) groups excluding carboxylic acids is 2. The smallest absolute Gasteiger partial charge is 0.328 e. The van der Waals surface area contributed by atoms with E-state index in [-0.39, 0.29) is 24.5 Å². The van der Waals surface area contributed by atoms with Gasteiger partial charge in [-0.15, -0.1) is 0 Å². The maximum Gasteiger partial charge on any atom is 0.328 e. The fraction of sp³-hybridized carbons (Fsp3) is 0.308. The lowest BCUT2D eigenvalue weighted by molar-refractivity contribution is -0.138. The molecule has 0 heterocycles. The van der Waals surface area contributed by atoms with Gasteiger partial charge in [-0.1, -0.05) is 0 Å². The molecule has 1 aromatic rings. The van der Waals surface area contributed by atoms with Crippen molar-refractivity contribution in [1.29, 1.82) is 0 Å². The quantitative estimate of drug-likeness (QED) is 0.522. The van der Waals surface area contributed by atoms with Crippen molar-refractivity contribution in [1.82, 2.24) is 0 Å². The maximum absolute atomic E-state index is 11.6. The molecule has 0 unspecified atom stereocenters. The van der Waals surface area contributed by atoms with Gasteiger partial charge in [-0.25, -0.2) is 4.79 Å². The molecule has 4 N–H and O–H groups in total. The van der Waals surface area contributed by atoms with Crippen molar-refractivity contribution in [3.63, 3.8) is 0 Å². The number of ether oxygens (including phenoxy) is 1. The molecule has 0 radical (unpaired) electrons. The van der Waals surface area contributed by atoms with E-state index in [0.29, 0.717) is 5.69 Å². The van der Waals surface area contributed by atoms with Gasteiger partial charge in [0.05, 0.1) is 0 Å². The van der Waals surface area contributed by atoms with Crippen LogP contribution in [0.25, 0.3) is 0 Å². The lowest BCUT2D eigenvalue weighted by atomic mass is 10.2. The molecule has 108 valence electrons. The van der Waals surface area contributed by atoms with Crippen molar-refractivity contribution < 1.29 is 24.2 Å². The number of benzene rings is 1. The van der Waals surface area contributed by atoms with E-state index in [2.05, 4.69) is 5.32 Å². The Morgan fingerprint density at radius 3 is 2.40 bits per heavy atom. The molecular formula is C13H16N2O5. The van der Waals surface area contributed by atoms with Gasteiger partial charge < -0.3 is 20.9 Å². The number of carbonyl (C=O) groups is 3. The number of esters is 1. The Labute approximate surface area is 115 Å². The van der Waals surface area contributed by atoms with E-state index in [1.165, 1.54) is 19.1 Å². The van der Waals surface area contributed by atoms with Crippen LogP contribution in [-0.2, 0) is 14.4 Å². The second-order valence-electron chi connectivity index (χ2n) is 4.17. The van der Waals surface area contributed by atoms with Crippen LogP contribution < -0.4 is 15.8 Å². The van der Waals surface area contributed by atoms with E-state index in [4.69, 9.17) is 15.6 Å². The average Bonchev–Trinajstić information content (AvgIpc) is 2.37. The minimum atomic E-state index is -1.02. The summed E-state index contributed by atoms with van der Waals surface area (Å²) in [5.74, 6) is -1.65. The summed E-state index contributed by atoms with van der Waals surface area (Å²) < 4.78 is 5.00. The van der Waals surface area contributed by atoms with Crippen molar-refractivity contribution >= 4 is 23.5 Å². The molecule has 1 atom stereocenters. The highest BCUT2D eigenvalue weighted by atomic mass is 16.5. The molecular weight excluding hydrogens is 264 g/mol. The third kappa shape index (κ3) is 5.49. The number of carboxylic acids is 1. The first-order chi connectivity index (χ1) is 9.38. The number of rotatable bonds is 6. The van der Waals surface area contributed by atoms with Crippen molar-refractivity contribution in [2.75, 3.05) is 5.32 Å². The summed E-state index contributed by atoms with van der Waals surface area (Å²) in [4.78, 5) is 32.8. The zero-order valence-corrected chi connectivity index (χ0v) is 11.0. The monoisotopic (exact) mass is 280 g/mol. The van der Waals surface area contributed by atoms with Crippen LogP contribution in [0.5, 0.6) is 5.75 Å². The average molecular weight is 280 g/mol. The molecule has 0 saturated heterocycles. The highest BCUT2D eigenvalue weighted by Crippen LogP contribution is 2.16. The number of nitrogens with one attached hydrogen (secondary N) is 1. The summed E-state index contributed by atoms with van der Waals surface area (Å²) in [5, 5.41) is 11.1. The molecule has 1 rings (SSSR count). The summed E-state index contributed by atoms with van der Waals surface area (Å²) >= 11 is 0. The summed E-state index contributed by atoms with van der Waals surface area (Å²) in [6.07, 6.45) is -0.185. The standard InChI is InChI=1S/C13H16N2O5/c1-8(16)15-9-2-4-10(5-3-9)20-13(19)11(14)6-7-12(17)18/h2-5,11H,6-7,14H2,1H3,(H,15,16)(H,17,18)/t11-/m0/s1. The summed E-state index contributed by atoms with van der Waals surface area (Å²) in [5.41, 5.74) is 6.09. The molecule has 0 spiro atoms. The van der Waals surface area contributed by atoms with E-state index >= 15 is 0 Å². The molecule has 0 bridgehead atoms. The number of aliphatic carboxylic acids is 1. The van der Waals surface area contributed by atoms with Crippen LogP contribution in [0.4, 0.5) is 5.69 Å². The molecule has 0 aromatic heterocycles. The van der Waals surface area contributed by atoms with Gasteiger partial charge in [-0.2, -0.15) is 0 Å². The number of hydrogen-bond donors (Lipinski definition) is 3. The van der Waals surface area contributed by atoms with Crippen LogP contribution in [0.3, 0.4) is 0 Å². The number of carboxylic acid groups (broad SMARTS) is 1. The van der Waals surface area contributed by atoms with Crippen LogP contribution in [0.15, 0.2) is 24.3 Å². The fourth-order valence-electron chi connectivity index (χ4n) is 1.40. The second-order valence-corrected chi connectivity index (χ2v) is 4.17. The molecule has 0 aliphatic rings. The SMILES string of the molecule is CC(=O)Nc1ccc(OC(=O)[C@@H](N)CCC(=O)O)cc1. The van der Waals surface area contributed by atoms with E-state index in [9.17, 15) is 14.4 Å². The maximum atomic E-state index is 11.6. The number of amides is 1. The van der Waals surface area contributed by atoms with Crippen molar-refractivity contribution in [2.45, 2.75) is 25.8 Å². The van der Waals surface area contributed by atoms with E-state index in [1.54, 1.807) is 12.1 Å². The van der Waals surface area contributed by atoms with Crippen molar-refractivity contribution in [2.24, 2.45) is 5.73 Å². The largest absolute Gasteiger partial charge is 0.481 e. The molecule has 20 heavy (non-hydrogen) atoms. The van der Waals surface area contributed by atoms with Gasteiger partial charge in [-0.3, -0.25) is 9.59 Å². The van der Waals surface area contributed by atoms with E-state index < -0.39 is 18.0 Å². The fourth-order valence-corrected chi connectivity index (χ4v) is 1.40. The van der Waals surface area contributed by atoms with Gasteiger partial charge >= 0.3 is 11.9 Å². The minimum absolute atomic E-state index is 0.0120. The highest BCUT2D eigenvalue weighted by Gasteiger charge is 2.17. The first kappa shape index (κ1) is 15.6. The molecule has 0 aliphatic carbocycles. The first-order valence-electron chi connectivity index (χ1n) is 5.95. The summed E-state index contributed by atoms with van der Waals surface area (Å²) in [6.45, 7) is 1.38. The minimum Gasteiger partial charge on any atom is -0.481 e. The zero-order valence-electron chi connectivity index (χ0n) is 11.0. The van der Waals surface area contributed by atoms with Gasteiger partial charge in [-0.05, 0) is 30.7 Å². The van der Waals surface area contributed by atoms with Crippen LogP contribution in [0.2, 0.25) is 0 Å². The number of nitrogens with two attached hydrogens (primary N) is 1. The Kier molecular flexibility index (Phi) is 5.67. The zero-order chi connectivity index (χ0) is 15.1. The van der Waals surface area contributed by atoms with Crippen LogP contribution in [0.1, 0.15) is 19.8 Å². The Bertz CT molecular complexity index is 498. The Hall–Kier alpha value is -2.41. The van der Waals surface area contributed by atoms with Crippen molar-refractivity contribution in [3.8, 4) is 5.75 Å². The molecule has 0 fully saturated rings. The molecule has 0 saturated carbocycles. The normalized spacial score (nSPS) is 11.5. The topological polar surface area (TPSA) is 119 Å². The lowest BCUT2D eigenvalue weighted by Crippen LogP contribution is -2.34. The second kappa shape index (κ2) is 7.25. The van der Waals surface area contributed by atoms with E-state index in [0.717, 1.165) is 0 Å². The molecule has 1 aromatic carbocycles. The van der Waals surface area contributed by atoms with Gasteiger partial charge in [0.25, 0.3) is 0 Å². The first-order valence-corrected chi connectivity index (χ1v) is 5.95. The molecule has 1 amide bonds. The molecule has 7 heteroatoms. The Morgan fingerprint density at radius 1 is 1.30 bits per heavy atom.